The highest BCUT2D eigenvalue weighted by Gasteiger charge is 2.13. The first-order valence-electron chi connectivity index (χ1n) is 5.16. The van der Waals surface area contributed by atoms with Crippen molar-refractivity contribution in [1.29, 1.82) is 0 Å². The van der Waals surface area contributed by atoms with Crippen LogP contribution in [0.25, 0.3) is 0 Å². The fraction of sp³-hybridized carbons (Fsp3) is 0.167. The Hall–Kier alpha value is -1.75. The summed E-state index contributed by atoms with van der Waals surface area (Å²) < 4.78 is 31.7. The van der Waals surface area contributed by atoms with Crippen LogP contribution in [-0.2, 0) is 0 Å². The van der Waals surface area contributed by atoms with Crippen LogP contribution >= 0.6 is 11.6 Å². The van der Waals surface area contributed by atoms with Crippen LogP contribution in [0.5, 0.6) is 5.88 Å². The maximum absolute atomic E-state index is 13.3. The lowest BCUT2D eigenvalue weighted by molar-refractivity contribution is 0.205. The Morgan fingerprint density at radius 3 is 2.83 bits per heavy atom. The van der Waals surface area contributed by atoms with Crippen molar-refractivity contribution in [2.24, 2.45) is 0 Å². The topological polar surface area (TPSA) is 35.0 Å². The lowest BCUT2D eigenvalue weighted by atomic mass is 10.1. The SMILES string of the molecule is C[C@@H](Oc1nc(Cl)ncc1F)c1cccc(F)c1. The predicted octanol–water partition coefficient (Wildman–Crippen LogP) is 3.55. The molecular formula is C12H9ClF2N2O. The molecule has 0 bridgehead atoms. The van der Waals surface area contributed by atoms with E-state index in [9.17, 15) is 8.78 Å². The van der Waals surface area contributed by atoms with Crippen LogP contribution in [0.4, 0.5) is 8.78 Å². The average Bonchev–Trinajstić information content (AvgIpc) is 2.34. The number of ether oxygens (including phenoxy) is 1. The second-order valence-electron chi connectivity index (χ2n) is 3.61. The molecule has 1 aromatic carbocycles. The van der Waals surface area contributed by atoms with E-state index in [-0.39, 0.29) is 17.0 Å². The van der Waals surface area contributed by atoms with Crippen molar-refractivity contribution in [3.63, 3.8) is 0 Å². The van der Waals surface area contributed by atoms with E-state index >= 15 is 0 Å². The zero-order chi connectivity index (χ0) is 13.1. The molecule has 1 aromatic heterocycles. The van der Waals surface area contributed by atoms with Crippen molar-refractivity contribution in [3.05, 3.63) is 52.9 Å². The molecule has 0 amide bonds. The van der Waals surface area contributed by atoms with Gasteiger partial charge in [0.25, 0.3) is 5.88 Å². The Bertz CT molecular complexity index is 566. The van der Waals surface area contributed by atoms with Gasteiger partial charge in [0, 0.05) is 0 Å². The normalized spacial score (nSPS) is 12.2. The number of hydrogen-bond acceptors (Lipinski definition) is 3. The summed E-state index contributed by atoms with van der Waals surface area (Å²) in [5.41, 5.74) is 0.573. The summed E-state index contributed by atoms with van der Waals surface area (Å²) in [7, 11) is 0. The summed E-state index contributed by atoms with van der Waals surface area (Å²) in [4.78, 5) is 7.10. The van der Waals surface area contributed by atoms with E-state index in [1.54, 1.807) is 19.1 Å². The molecule has 0 unspecified atom stereocenters. The monoisotopic (exact) mass is 270 g/mol. The van der Waals surface area contributed by atoms with Crippen LogP contribution in [0.3, 0.4) is 0 Å². The molecule has 0 aliphatic rings. The molecule has 0 spiro atoms. The summed E-state index contributed by atoms with van der Waals surface area (Å²) in [5.74, 6) is -1.36. The summed E-state index contributed by atoms with van der Waals surface area (Å²) in [6.45, 7) is 1.66. The van der Waals surface area contributed by atoms with Crippen molar-refractivity contribution in [2.75, 3.05) is 0 Å². The number of hydrogen-bond donors (Lipinski definition) is 0. The maximum Gasteiger partial charge on any atom is 0.255 e. The molecule has 6 heteroatoms. The maximum atomic E-state index is 13.3. The van der Waals surface area contributed by atoms with Crippen LogP contribution in [0, 0.1) is 11.6 Å². The molecule has 3 nitrogen and oxygen atoms in total. The molecular weight excluding hydrogens is 262 g/mol. The number of benzene rings is 1. The van der Waals surface area contributed by atoms with Gasteiger partial charge in [-0.2, -0.15) is 9.37 Å². The Morgan fingerprint density at radius 2 is 2.11 bits per heavy atom. The molecule has 2 rings (SSSR count). The number of aromatic nitrogens is 2. The van der Waals surface area contributed by atoms with Crippen molar-refractivity contribution in [3.8, 4) is 5.88 Å². The van der Waals surface area contributed by atoms with Gasteiger partial charge < -0.3 is 4.74 Å². The van der Waals surface area contributed by atoms with E-state index in [4.69, 9.17) is 16.3 Å². The first kappa shape index (κ1) is 12.7. The quantitative estimate of drug-likeness (QED) is 0.800. The second kappa shape index (κ2) is 5.27. The third kappa shape index (κ3) is 2.92. The third-order valence-corrected chi connectivity index (χ3v) is 2.47. The Morgan fingerprint density at radius 1 is 1.33 bits per heavy atom. The Balaban J connectivity index is 2.21. The lowest BCUT2D eigenvalue weighted by Gasteiger charge is -2.14. The molecule has 0 saturated carbocycles. The van der Waals surface area contributed by atoms with Gasteiger partial charge in [0.15, 0.2) is 0 Å². The van der Waals surface area contributed by atoms with Crippen LogP contribution in [0.15, 0.2) is 30.5 Å². The minimum atomic E-state index is -0.720. The zero-order valence-corrected chi connectivity index (χ0v) is 10.2. The van der Waals surface area contributed by atoms with Gasteiger partial charge in [-0.05, 0) is 36.2 Å². The molecule has 0 fully saturated rings. The molecule has 2 aromatic rings. The molecule has 0 aliphatic heterocycles. The molecule has 94 valence electrons. The van der Waals surface area contributed by atoms with Crippen LogP contribution in [0.1, 0.15) is 18.6 Å². The zero-order valence-electron chi connectivity index (χ0n) is 9.40. The Kier molecular flexibility index (Phi) is 3.72. The highest BCUT2D eigenvalue weighted by molar-refractivity contribution is 6.28. The molecule has 0 saturated heterocycles. The van der Waals surface area contributed by atoms with Gasteiger partial charge in [0.05, 0.1) is 6.20 Å². The van der Waals surface area contributed by atoms with Gasteiger partial charge >= 0.3 is 0 Å². The first-order valence-corrected chi connectivity index (χ1v) is 5.54. The van der Waals surface area contributed by atoms with E-state index in [0.717, 1.165) is 6.20 Å². The second-order valence-corrected chi connectivity index (χ2v) is 3.95. The summed E-state index contributed by atoms with van der Waals surface area (Å²) in [6.07, 6.45) is 0.365. The van der Waals surface area contributed by atoms with Gasteiger partial charge in [0.1, 0.15) is 11.9 Å². The fourth-order valence-corrected chi connectivity index (χ4v) is 1.53. The molecule has 18 heavy (non-hydrogen) atoms. The number of nitrogens with zero attached hydrogens (tertiary/aromatic N) is 2. The lowest BCUT2D eigenvalue weighted by Crippen LogP contribution is -2.06. The largest absolute Gasteiger partial charge is 0.468 e. The van der Waals surface area contributed by atoms with Crippen LogP contribution < -0.4 is 4.74 Å². The van der Waals surface area contributed by atoms with Crippen LogP contribution in [-0.4, -0.2) is 9.97 Å². The van der Waals surface area contributed by atoms with Crippen molar-refractivity contribution < 1.29 is 13.5 Å². The molecule has 0 N–H and O–H groups in total. The number of halogens is 3. The standard InChI is InChI=1S/C12H9ClF2N2O/c1-7(8-3-2-4-9(14)5-8)18-11-10(15)6-16-12(13)17-11/h2-7H,1H3/t7-/m1/s1. The smallest absolute Gasteiger partial charge is 0.255 e. The molecule has 0 aliphatic carbocycles. The fourth-order valence-electron chi connectivity index (χ4n) is 1.41. The highest BCUT2D eigenvalue weighted by atomic mass is 35.5. The van der Waals surface area contributed by atoms with Gasteiger partial charge in [-0.25, -0.2) is 9.37 Å². The van der Waals surface area contributed by atoms with E-state index in [1.807, 2.05) is 0 Å². The van der Waals surface area contributed by atoms with Gasteiger partial charge in [-0.1, -0.05) is 12.1 Å². The van der Waals surface area contributed by atoms with Crippen molar-refractivity contribution >= 4 is 11.6 Å². The van der Waals surface area contributed by atoms with E-state index in [2.05, 4.69) is 9.97 Å². The van der Waals surface area contributed by atoms with Gasteiger partial charge in [-0.15, -0.1) is 0 Å². The first-order chi connectivity index (χ1) is 8.56. The number of rotatable bonds is 3. The summed E-state index contributed by atoms with van der Waals surface area (Å²) >= 11 is 5.54. The van der Waals surface area contributed by atoms with Crippen molar-refractivity contribution in [2.45, 2.75) is 13.0 Å². The van der Waals surface area contributed by atoms with Gasteiger partial charge in [-0.3, -0.25) is 0 Å². The summed E-state index contributed by atoms with van der Waals surface area (Å²) in [6, 6.07) is 5.85. The minimum absolute atomic E-state index is 0.113. The van der Waals surface area contributed by atoms with E-state index in [1.165, 1.54) is 12.1 Å². The minimum Gasteiger partial charge on any atom is -0.468 e. The van der Waals surface area contributed by atoms with E-state index in [0.29, 0.717) is 5.56 Å². The Labute approximate surface area is 107 Å². The van der Waals surface area contributed by atoms with Crippen LogP contribution in [0.2, 0.25) is 5.28 Å². The molecule has 0 radical (unpaired) electrons. The predicted molar refractivity (Wildman–Crippen MR) is 62.4 cm³/mol. The third-order valence-electron chi connectivity index (χ3n) is 2.29. The highest BCUT2D eigenvalue weighted by Crippen LogP contribution is 2.23. The average molecular weight is 271 g/mol. The summed E-state index contributed by atoms with van der Waals surface area (Å²) in [5, 5.41) is -0.113. The van der Waals surface area contributed by atoms with Crippen molar-refractivity contribution in [1.82, 2.24) is 9.97 Å². The molecule has 1 heterocycles. The van der Waals surface area contributed by atoms with E-state index < -0.39 is 11.9 Å². The van der Waals surface area contributed by atoms with Gasteiger partial charge in [0.2, 0.25) is 11.1 Å². The molecule has 1 atom stereocenters.